The van der Waals surface area contributed by atoms with Crippen molar-refractivity contribution >= 4 is 52.7 Å². The molecule has 2 aliphatic rings. The van der Waals surface area contributed by atoms with Crippen molar-refractivity contribution in [2.75, 3.05) is 35.3 Å². The topological polar surface area (TPSA) is 196 Å². The summed E-state index contributed by atoms with van der Waals surface area (Å²) in [6.45, 7) is 2.57. The van der Waals surface area contributed by atoms with Crippen molar-refractivity contribution in [3.8, 4) is 17.1 Å². The number of nitrogens with two attached hydrogens (primary N) is 1. The highest BCUT2D eigenvalue weighted by molar-refractivity contribution is 6.10. The van der Waals surface area contributed by atoms with Crippen LogP contribution in [0.5, 0.6) is 5.75 Å². The van der Waals surface area contributed by atoms with Crippen LogP contribution in [-0.4, -0.2) is 68.8 Å². The minimum absolute atomic E-state index is 0.0663. The summed E-state index contributed by atoms with van der Waals surface area (Å²) in [5, 5.41) is 28.9. The maximum atomic E-state index is 13.9. The van der Waals surface area contributed by atoms with Gasteiger partial charge in [-0.3, -0.25) is 19.2 Å². The highest BCUT2D eigenvalue weighted by Gasteiger charge is 2.35. The van der Waals surface area contributed by atoms with Crippen LogP contribution in [-0.2, 0) is 17.6 Å². The Labute approximate surface area is 319 Å². The van der Waals surface area contributed by atoms with Crippen molar-refractivity contribution in [2.24, 2.45) is 10.8 Å². The molecule has 0 radical (unpaired) electrons. The summed E-state index contributed by atoms with van der Waals surface area (Å²) in [5.74, 6) is -0.401. The van der Waals surface area contributed by atoms with Crippen LogP contribution in [0.15, 0.2) is 102 Å². The van der Waals surface area contributed by atoms with E-state index in [1.807, 2.05) is 31.2 Å². The summed E-state index contributed by atoms with van der Waals surface area (Å²) in [7, 11) is 1.56. The van der Waals surface area contributed by atoms with Gasteiger partial charge in [0.15, 0.2) is 11.5 Å². The molecule has 0 aliphatic carbocycles. The third-order valence-electron chi connectivity index (χ3n) is 9.81. The van der Waals surface area contributed by atoms with E-state index in [9.17, 15) is 24.4 Å². The van der Waals surface area contributed by atoms with Crippen molar-refractivity contribution in [3.63, 3.8) is 0 Å². The SMILES string of the molecule is COc1ccc(-n2nc(NC=O)c3c2C(=O)N(c2ccc(N=[N+]([O-])c4ccc(N5CCc6c(C(N)=O)nn(-c7ccc(C)cc7)c6C5=O)cc4)cc2)CC3)cc1. The monoisotopic (exact) mass is 750 g/mol. The van der Waals surface area contributed by atoms with E-state index in [0.717, 1.165) is 5.56 Å². The predicted octanol–water partition coefficient (Wildman–Crippen LogP) is 5.37. The average molecular weight is 751 g/mol. The van der Waals surface area contributed by atoms with Crippen LogP contribution < -0.4 is 25.6 Å². The lowest BCUT2D eigenvalue weighted by Gasteiger charge is -2.27. The zero-order valence-electron chi connectivity index (χ0n) is 30.2. The second kappa shape index (κ2) is 14.3. The lowest BCUT2D eigenvalue weighted by Crippen LogP contribution is -2.39. The van der Waals surface area contributed by atoms with E-state index in [0.29, 0.717) is 87.5 Å². The van der Waals surface area contributed by atoms with Gasteiger partial charge in [-0.25, -0.2) is 9.36 Å². The number of benzene rings is 4. The molecule has 0 spiro atoms. The third kappa shape index (κ3) is 6.27. The van der Waals surface area contributed by atoms with Crippen LogP contribution in [0.2, 0.25) is 0 Å². The largest absolute Gasteiger partial charge is 0.594 e. The average Bonchev–Trinajstić information content (AvgIpc) is 3.79. The summed E-state index contributed by atoms with van der Waals surface area (Å²) in [5.41, 5.74) is 11.4. The number of carbonyl (C=O) groups excluding carboxylic acids is 4. The Morgan fingerprint density at radius 1 is 0.786 bits per heavy atom. The molecule has 0 bridgehead atoms. The summed E-state index contributed by atoms with van der Waals surface area (Å²) in [6, 6.07) is 27.6. The van der Waals surface area contributed by atoms with Gasteiger partial charge in [-0.15, -0.1) is 5.10 Å². The molecule has 4 aromatic carbocycles. The zero-order chi connectivity index (χ0) is 39.1. The number of aryl methyl sites for hydroxylation is 1. The first kappa shape index (κ1) is 35.4. The lowest BCUT2D eigenvalue weighted by atomic mass is 10.0. The van der Waals surface area contributed by atoms with Crippen LogP contribution >= 0.6 is 0 Å². The molecule has 16 heteroatoms. The number of azo groups is 1. The number of hydrogen-bond acceptors (Lipinski definition) is 9. The van der Waals surface area contributed by atoms with Crippen molar-refractivity contribution in [3.05, 3.63) is 136 Å². The fraction of sp³-hybridized carbons (Fsp3) is 0.150. The Bertz CT molecular complexity index is 2540. The summed E-state index contributed by atoms with van der Waals surface area (Å²) in [6.07, 6.45) is 1.34. The van der Waals surface area contributed by atoms with Crippen LogP contribution in [0.4, 0.5) is 28.6 Å². The number of ether oxygens (including phenoxy) is 1. The minimum Gasteiger partial charge on any atom is -0.594 e. The molecule has 0 saturated carbocycles. The van der Waals surface area contributed by atoms with Gasteiger partial charge in [-0.05, 0) is 92.6 Å². The zero-order valence-corrected chi connectivity index (χ0v) is 30.2. The van der Waals surface area contributed by atoms with Gasteiger partial charge in [-0.2, -0.15) is 5.10 Å². The number of aromatic nitrogens is 4. The van der Waals surface area contributed by atoms with Crippen LogP contribution in [0.1, 0.15) is 48.2 Å². The number of hydrogen-bond donors (Lipinski definition) is 2. The van der Waals surface area contributed by atoms with E-state index in [1.165, 1.54) is 9.36 Å². The van der Waals surface area contributed by atoms with Crippen LogP contribution in [0.25, 0.3) is 11.4 Å². The van der Waals surface area contributed by atoms with Gasteiger partial charge in [0.05, 0.1) is 18.5 Å². The number of methoxy groups -OCH3 is 1. The second-order valence-electron chi connectivity index (χ2n) is 13.2. The van der Waals surface area contributed by atoms with Crippen molar-refractivity contribution in [1.29, 1.82) is 0 Å². The third-order valence-corrected chi connectivity index (χ3v) is 9.81. The van der Waals surface area contributed by atoms with E-state index >= 15 is 0 Å². The van der Waals surface area contributed by atoms with Crippen LogP contribution in [0.3, 0.4) is 0 Å². The van der Waals surface area contributed by atoms with Crippen molar-refractivity contribution in [1.82, 2.24) is 19.6 Å². The Balaban J connectivity index is 0.999. The van der Waals surface area contributed by atoms with E-state index in [1.54, 1.807) is 89.7 Å². The number of carbonyl (C=O) groups is 4. The molecular formula is C40H34N10O6. The van der Waals surface area contributed by atoms with E-state index in [-0.39, 0.29) is 35.4 Å². The molecule has 4 heterocycles. The number of anilines is 3. The molecule has 3 N–H and O–H groups in total. The Hall–Kier alpha value is -7.62. The number of fused-ring (bicyclic) bond motifs is 2. The number of primary amides is 1. The Morgan fingerprint density at radius 2 is 1.30 bits per heavy atom. The van der Waals surface area contributed by atoms with Crippen molar-refractivity contribution in [2.45, 2.75) is 19.8 Å². The van der Waals surface area contributed by atoms with Gasteiger partial charge in [-0.1, -0.05) is 22.6 Å². The molecular weight excluding hydrogens is 717 g/mol. The summed E-state index contributed by atoms with van der Waals surface area (Å²) >= 11 is 0. The number of rotatable bonds is 10. The van der Waals surface area contributed by atoms with Gasteiger partial charge in [0.25, 0.3) is 17.7 Å². The molecule has 2 aliphatic heterocycles. The van der Waals surface area contributed by atoms with E-state index in [4.69, 9.17) is 10.5 Å². The molecule has 8 rings (SSSR count). The highest BCUT2D eigenvalue weighted by Crippen LogP contribution is 2.33. The Morgan fingerprint density at radius 3 is 1.88 bits per heavy atom. The molecule has 280 valence electrons. The molecule has 0 unspecified atom stereocenters. The fourth-order valence-electron chi connectivity index (χ4n) is 6.99. The van der Waals surface area contributed by atoms with Gasteiger partial charge in [0.2, 0.25) is 12.1 Å². The quantitative estimate of drug-likeness (QED) is 0.0806. The van der Waals surface area contributed by atoms with Gasteiger partial charge in [0.1, 0.15) is 22.8 Å². The number of nitrogens with zero attached hydrogens (tertiary/aromatic N) is 8. The van der Waals surface area contributed by atoms with Crippen LogP contribution in [0, 0.1) is 12.1 Å². The summed E-state index contributed by atoms with van der Waals surface area (Å²) in [4.78, 5) is 55.1. The summed E-state index contributed by atoms with van der Waals surface area (Å²) < 4.78 is 8.23. The normalized spacial score (nSPS) is 14.0. The van der Waals surface area contributed by atoms with Crippen molar-refractivity contribution < 1.29 is 28.8 Å². The molecule has 16 nitrogen and oxygen atoms in total. The fourth-order valence-corrected chi connectivity index (χ4v) is 6.99. The molecule has 2 aromatic heterocycles. The first-order valence-corrected chi connectivity index (χ1v) is 17.6. The van der Waals surface area contributed by atoms with Gasteiger partial charge < -0.3 is 30.8 Å². The Kier molecular flexibility index (Phi) is 9.05. The first-order chi connectivity index (χ1) is 27.1. The molecule has 0 fully saturated rings. The van der Waals surface area contributed by atoms with Gasteiger partial charge >= 0.3 is 0 Å². The standard InChI is InChI=1S/C40H34N10O6/c1-24-3-7-28(8-4-24)48-35-32(34(44-48)37(41)52)19-21-46(39(35)53)27-11-13-30(14-12-27)50(55)43-25-5-9-26(10-6-25)47-22-20-33-36(40(47)54)49(45-38(33)42-23-51)29-15-17-31(56-2)18-16-29/h3-18,23H,19-22H2,1-2H3,(H2,41,52)(H,42,45,51). The smallest absolute Gasteiger partial charge is 0.277 e. The lowest BCUT2D eigenvalue weighted by molar-refractivity contribution is -0.435. The minimum atomic E-state index is -0.706. The second-order valence-corrected chi connectivity index (χ2v) is 13.2. The molecule has 0 saturated heterocycles. The highest BCUT2D eigenvalue weighted by atomic mass is 16.5. The van der Waals surface area contributed by atoms with E-state index in [2.05, 4.69) is 20.6 Å². The molecule has 4 amide bonds. The maximum Gasteiger partial charge on any atom is 0.277 e. The molecule has 6 aromatic rings. The van der Waals surface area contributed by atoms with E-state index < -0.39 is 5.91 Å². The molecule has 56 heavy (non-hydrogen) atoms. The first-order valence-electron chi connectivity index (χ1n) is 17.6. The maximum absolute atomic E-state index is 13.9. The number of nitrogens with one attached hydrogen (secondary N) is 1. The number of amides is 4. The predicted molar refractivity (Wildman–Crippen MR) is 206 cm³/mol. The van der Waals surface area contributed by atoms with Gasteiger partial charge in [0, 0.05) is 52.8 Å². The molecule has 0 atom stereocenters.